The van der Waals surface area contributed by atoms with Gasteiger partial charge in [-0.05, 0) is 23.3 Å². The molecule has 1 aliphatic heterocycles. The minimum absolute atomic E-state index is 0.485. The van der Waals surface area contributed by atoms with Crippen LogP contribution in [0.2, 0.25) is 0 Å². The van der Waals surface area contributed by atoms with Crippen molar-refractivity contribution in [3.63, 3.8) is 0 Å². The van der Waals surface area contributed by atoms with Gasteiger partial charge in [-0.15, -0.1) is 0 Å². The molecule has 22 heavy (non-hydrogen) atoms. The summed E-state index contributed by atoms with van der Waals surface area (Å²) in [6.07, 6.45) is 2.12. The van der Waals surface area contributed by atoms with Gasteiger partial charge in [0.1, 0.15) is 6.29 Å². The first-order valence-corrected chi connectivity index (χ1v) is 6.94. The Morgan fingerprint density at radius 3 is 2.45 bits per heavy atom. The number of ether oxygens (including phenoxy) is 1. The summed E-state index contributed by atoms with van der Waals surface area (Å²) in [6.45, 7) is 0. The molecule has 4 heteroatoms. The van der Waals surface area contributed by atoms with Crippen LogP contribution in [0.1, 0.15) is 17.2 Å². The molecule has 1 atom stereocenters. The first kappa shape index (κ1) is 14.1. The van der Waals surface area contributed by atoms with E-state index in [1.54, 1.807) is 0 Å². The first-order chi connectivity index (χ1) is 10.8. The fraction of sp³-hybridized carbons (Fsp3) is 0.111. The standard InChI is InChI=1S/C18H15NO3/c1-22-18(21)19-16-10-6-5-9-14(16)11-15(12-20)17(19)13-7-3-2-4-8-13/h2-12,17H,1H3/t17-/m1/s1. The number of methoxy groups -OCH3 is 1. The van der Waals surface area contributed by atoms with Gasteiger partial charge in [0.15, 0.2) is 0 Å². The molecule has 0 saturated heterocycles. The average Bonchev–Trinajstić information content (AvgIpc) is 2.60. The van der Waals surface area contributed by atoms with Gasteiger partial charge >= 0.3 is 6.09 Å². The molecule has 0 unspecified atom stereocenters. The Bertz CT molecular complexity index is 737. The molecule has 0 N–H and O–H groups in total. The summed E-state index contributed by atoms with van der Waals surface area (Å²) < 4.78 is 4.93. The minimum Gasteiger partial charge on any atom is -0.452 e. The predicted molar refractivity (Wildman–Crippen MR) is 84.6 cm³/mol. The van der Waals surface area contributed by atoms with E-state index in [2.05, 4.69) is 0 Å². The second-order valence-corrected chi connectivity index (χ2v) is 4.97. The van der Waals surface area contributed by atoms with Crippen LogP contribution in [0, 0.1) is 0 Å². The van der Waals surface area contributed by atoms with E-state index in [1.807, 2.05) is 60.7 Å². The molecule has 110 valence electrons. The quantitative estimate of drug-likeness (QED) is 0.795. The van der Waals surface area contributed by atoms with Crippen molar-refractivity contribution in [2.24, 2.45) is 0 Å². The first-order valence-electron chi connectivity index (χ1n) is 6.94. The van der Waals surface area contributed by atoms with E-state index < -0.39 is 12.1 Å². The number of hydrogen-bond acceptors (Lipinski definition) is 3. The second-order valence-electron chi connectivity index (χ2n) is 4.97. The van der Waals surface area contributed by atoms with E-state index in [-0.39, 0.29) is 0 Å². The Morgan fingerprint density at radius 1 is 1.09 bits per heavy atom. The molecule has 0 radical (unpaired) electrons. The summed E-state index contributed by atoms with van der Waals surface area (Å²) in [5, 5.41) is 0. The fourth-order valence-corrected chi connectivity index (χ4v) is 2.75. The highest BCUT2D eigenvalue weighted by molar-refractivity contribution is 5.99. The number of para-hydroxylation sites is 1. The van der Waals surface area contributed by atoms with Gasteiger partial charge in [0.05, 0.1) is 18.8 Å². The molecule has 0 saturated carbocycles. The second kappa shape index (κ2) is 5.85. The zero-order valence-electron chi connectivity index (χ0n) is 12.1. The SMILES string of the molecule is COC(=O)N1c2ccccc2C=C(C=O)[C@H]1c1ccccc1. The van der Waals surface area contributed by atoms with Crippen molar-refractivity contribution < 1.29 is 14.3 Å². The van der Waals surface area contributed by atoms with Crippen molar-refractivity contribution >= 4 is 24.1 Å². The maximum atomic E-state index is 12.3. The zero-order valence-corrected chi connectivity index (χ0v) is 12.1. The molecule has 1 heterocycles. The third-order valence-electron chi connectivity index (χ3n) is 3.72. The van der Waals surface area contributed by atoms with Crippen molar-refractivity contribution in [2.45, 2.75) is 6.04 Å². The number of benzene rings is 2. The molecule has 2 aromatic carbocycles. The number of anilines is 1. The van der Waals surface area contributed by atoms with Crippen LogP contribution >= 0.6 is 0 Å². The van der Waals surface area contributed by atoms with Gasteiger partial charge in [0, 0.05) is 5.57 Å². The minimum atomic E-state index is -0.492. The molecular formula is C18H15NO3. The lowest BCUT2D eigenvalue weighted by Crippen LogP contribution is -2.38. The predicted octanol–water partition coefficient (Wildman–Crippen LogP) is 3.60. The topological polar surface area (TPSA) is 46.6 Å². The van der Waals surface area contributed by atoms with Gasteiger partial charge in [-0.1, -0.05) is 48.5 Å². The molecule has 1 amide bonds. The van der Waals surface area contributed by atoms with Crippen molar-refractivity contribution in [3.05, 3.63) is 71.3 Å². The monoisotopic (exact) mass is 293 g/mol. The van der Waals surface area contributed by atoms with Crippen LogP contribution in [-0.2, 0) is 9.53 Å². The van der Waals surface area contributed by atoms with E-state index in [0.717, 1.165) is 23.1 Å². The summed E-state index contributed by atoms with van der Waals surface area (Å²) in [5.74, 6) is 0. The largest absolute Gasteiger partial charge is 0.452 e. The highest BCUT2D eigenvalue weighted by Crippen LogP contribution is 2.40. The molecule has 0 aromatic heterocycles. The van der Waals surface area contributed by atoms with Crippen molar-refractivity contribution in [3.8, 4) is 0 Å². The number of amides is 1. The molecule has 1 aliphatic rings. The smallest absolute Gasteiger partial charge is 0.414 e. The van der Waals surface area contributed by atoms with E-state index >= 15 is 0 Å². The Labute approximate surface area is 128 Å². The van der Waals surface area contributed by atoms with Crippen LogP contribution in [0.3, 0.4) is 0 Å². The Hall–Kier alpha value is -2.88. The number of hydrogen-bond donors (Lipinski definition) is 0. The maximum absolute atomic E-state index is 12.3. The normalized spacial score (nSPS) is 16.5. The summed E-state index contributed by atoms with van der Waals surface area (Å²) >= 11 is 0. The van der Waals surface area contributed by atoms with E-state index in [0.29, 0.717) is 5.57 Å². The molecule has 0 aliphatic carbocycles. The van der Waals surface area contributed by atoms with Gasteiger partial charge in [0.25, 0.3) is 0 Å². The third-order valence-corrected chi connectivity index (χ3v) is 3.72. The van der Waals surface area contributed by atoms with E-state index in [9.17, 15) is 9.59 Å². The number of fused-ring (bicyclic) bond motifs is 1. The number of rotatable bonds is 2. The third kappa shape index (κ3) is 2.29. The fourth-order valence-electron chi connectivity index (χ4n) is 2.75. The molecule has 3 rings (SSSR count). The number of carbonyl (C=O) groups excluding carboxylic acids is 2. The highest BCUT2D eigenvalue weighted by atomic mass is 16.5. The number of nitrogens with zero attached hydrogens (tertiary/aromatic N) is 1. The molecule has 4 nitrogen and oxygen atoms in total. The summed E-state index contributed by atoms with van der Waals surface area (Å²) in [4.78, 5) is 25.4. The summed E-state index contributed by atoms with van der Waals surface area (Å²) in [5.41, 5.74) is 2.94. The number of aldehydes is 1. The van der Waals surface area contributed by atoms with Gasteiger partial charge in [-0.25, -0.2) is 4.79 Å². The van der Waals surface area contributed by atoms with Crippen LogP contribution < -0.4 is 4.90 Å². The van der Waals surface area contributed by atoms with Crippen molar-refractivity contribution in [2.75, 3.05) is 12.0 Å². The molecule has 0 bridgehead atoms. The van der Waals surface area contributed by atoms with Gasteiger partial charge in [0.2, 0.25) is 0 Å². The Kier molecular flexibility index (Phi) is 3.74. The Balaban J connectivity index is 2.22. The van der Waals surface area contributed by atoms with Gasteiger partial charge < -0.3 is 4.74 Å². The van der Waals surface area contributed by atoms with Crippen LogP contribution in [-0.4, -0.2) is 19.5 Å². The van der Waals surface area contributed by atoms with E-state index in [4.69, 9.17) is 4.74 Å². The summed E-state index contributed by atoms with van der Waals surface area (Å²) in [7, 11) is 1.34. The summed E-state index contributed by atoms with van der Waals surface area (Å²) in [6, 6.07) is 16.4. The maximum Gasteiger partial charge on any atom is 0.414 e. The van der Waals surface area contributed by atoms with Crippen molar-refractivity contribution in [1.29, 1.82) is 0 Å². The molecule has 0 fully saturated rings. The highest BCUT2D eigenvalue weighted by Gasteiger charge is 2.34. The molecular weight excluding hydrogens is 278 g/mol. The van der Waals surface area contributed by atoms with Crippen molar-refractivity contribution in [1.82, 2.24) is 0 Å². The number of carbonyl (C=O) groups is 2. The lowest BCUT2D eigenvalue weighted by Gasteiger charge is -2.35. The van der Waals surface area contributed by atoms with Crippen LogP contribution in [0.25, 0.3) is 6.08 Å². The lowest BCUT2D eigenvalue weighted by molar-refractivity contribution is -0.105. The zero-order chi connectivity index (χ0) is 15.5. The van der Waals surface area contributed by atoms with E-state index in [1.165, 1.54) is 12.0 Å². The molecule has 2 aromatic rings. The average molecular weight is 293 g/mol. The van der Waals surface area contributed by atoms with Gasteiger partial charge in [-0.3, -0.25) is 9.69 Å². The van der Waals surface area contributed by atoms with Crippen LogP contribution in [0.5, 0.6) is 0 Å². The molecule has 0 spiro atoms. The van der Waals surface area contributed by atoms with Gasteiger partial charge in [-0.2, -0.15) is 0 Å². The van der Waals surface area contributed by atoms with Crippen LogP contribution in [0.4, 0.5) is 10.5 Å². The Morgan fingerprint density at radius 2 is 1.77 bits per heavy atom. The lowest BCUT2D eigenvalue weighted by atomic mass is 9.91. The van der Waals surface area contributed by atoms with Crippen LogP contribution in [0.15, 0.2) is 60.2 Å².